The van der Waals surface area contributed by atoms with Gasteiger partial charge in [0.1, 0.15) is 11.5 Å². The van der Waals surface area contributed by atoms with Crippen LogP contribution < -0.4 is 13.6 Å². The van der Waals surface area contributed by atoms with Crippen LogP contribution in [0.4, 0.5) is 0 Å². The number of methoxy groups -OCH3 is 1. The van der Waals surface area contributed by atoms with Crippen molar-refractivity contribution in [1.29, 1.82) is 0 Å². The second-order valence-electron chi connectivity index (χ2n) is 12.4. The quantitative estimate of drug-likeness (QED) is 0.147. The van der Waals surface area contributed by atoms with Gasteiger partial charge in [-0.1, -0.05) is 41.5 Å². The van der Waals surface area contributed by atoms with Gasteiger partial charge in [0, 0.05) is 5.56 Å². The third-order valence-corrected chi connectivity index (χ3v) is 16.2. The molecule has 0 saturated carbocycles. The van der Waals surface area contributed by atoms with E-state index in [4.69, 9.17) is 13.6 Å². The highest BCUT2D eigenvalue weighted by Gasteiger charge is 2.42. The molecule has 9 heteroatoms. The second kappa shape index (κ2) is 10.5. The molecule has 0 amide bonds. The van der Waals surface area contributed by atoms with Crippen molar-refractivity contribution in [3.8, 4) is 28.7 Å². The van der Waals surface area contributed by atoms with Crippen LogP contribution >= 0.6 is 0 Å². The highest BCUT2D eigenvalue weighted by atomic mass is 28.4. The first kappa shape index (κ1) is 30.4. The fourth-order valence-electron chi connectivity index (χ4n) is 3.00. The Hall–Kier alpha value is -2.79. The van der Waals surface area contributed by atoms with Gasteiger partial charge in [0.25, 0.3) is 16.6 Å². The summed E-state index contributed by atoms with van der Waals surface area (Å²) in [7, 11) is -3.14. The number of ketones is 2. The smallest absolute Gasteiger partial charge is 0.250 e. The van der Waals surface area contributed by atoms with Gasteiger partial charge in [-0.3, -0.25) is 9.59 Å². The third kappa shape index (κ3) is 6.76. The van der Waals surface area contributed by atoms with E-state index in [9.17, 15) is 19.8 Å². The Labute approximate surface area is 223 Å². The van der Waals surface area contributed by atoms with Crippen molar-refractivity contribution < 1.29 is 33.4 Å². The minimum Gasteiger partial charge on any atom is -0.541 e. The van der Waals surface area contributed by atoms with E-state index in [1.54, 1.807) is 18.2 Å². The fourth-order valence-corrected chi connectivity index (χ4v) is 5.04. The average molecular weight is 547 g/mol. The van der Waals surface area contributed by atoms with Gasteiger partial charge in [-0.25, -0.2) is 0 Å². The van der Waals surface area contributed by atoms with Crippen LogP contribution in [0, 0.1) is 0 Å². The SMILES string of the molecule is COc1ccc(C(=O)CC(=O)c2ccc(O[Si](C)(C)C(C)(C)C)c(O[Si](C)(C)C(C)(C)C)c2)c(O)c1O. The summed E-state index contributed by atoms with van der Waals surface area (Å²) in [4.78, 5) is 26.0. The number of rotatable bonds is 9. The summed E-state index contributed by atoms with van der Waals surface area (Å²) >= 11 is 0. The predicted molar refractivity (Wildman–Crippen MR) is 152 cm³/mol. The lowest BCUT2D eigenvalue weighted by molar-refractivity contribution is 0.0892. The Balaban J connectivity index is 2.45. The maximum absolute atomic E-state index is 13.2. The van der Waals surface area contributed by atoms with E-state index in [0.717, 1.165) is 0 Å². The van der Waals surface area contributed by atoms with Gasteiger partial charge in [-0.15, -0.1) is 0 Å². The van der Waals surface area contributed by atoms with Crippen molar-refractivity contribution in [3.05, 3.63) is 41.5 Å². The Morgan fingerprint density at radius 3 is 1.70 bits per heavy atom. The maximum atomic E-state index is 13.2. The van der Waals surface area contributed by atoms with E-state index >= 15 is 0 Å². The van der Waals surface area contributed by atoms with Crippen molar-refractivity contribution in [2.45, 2.75) is 84.2 Å². The van der Waals surface area contributed by atoms with Gasteiger partial charge < -0.3 is 23.8 Å². The number of Topliss-reactive ketones (excluding diaryl/α,β-unsaturated/α-hetero) is 2. The highest BCUT2D eigenvalue weighted by Crippen LogP contribution is 2.44. The molecule has 37 heavy (non-hydrogen) atoms. The minimum absolute atomic E-state index is 0.0325. The number of benzene rings is 2. The fraction of sp³-hybridized carbons (Fsp3) is 0.500. The Kier molecular flexibility index (Phi) is 8.66. The van der Waals surface area contributed by atoms with Crippen LogP contribution in [0.1, 0.15) is 68.7 Å². The van der Waals surface area contributed by atoms with Crippen LogP contribution in [-0.4, -0.2) is 45.5 Å². The van der Waals surface area contributed by atoms with Crippen LogP contribution in [0.5, 0.6) is 28.7 Å². The molecule has 0 saturated heterocycles. The predicted octanol–water partition coefficient (Wildman–Crippen LogP) is 7.33. The Morgan fingerprint density at radius 1 is 0.730 bits per heavy atom. The summed E-state index contributed by atoms with van der Waals surface area (Å²) in [6.45, 7) is 21.4. The van der Waals surface area contributed by atoms with Crippen molar-refractivity contribution >= 4 is 28.2 Å². The van der Waals surface area contributed by atoms with Gasteiger partial charge >= 0.3 is 0 Å². The summed E-state index contributed by atoms with van der Waals surface area (Å²) in [5, 5.41) is 20.2. The molecule has 0 spiro atoms. The maximum Gasteiger partial charge on any atom is 0.250 e. The largest absolute Gasteiger partial charge is 0.541 e. The van der Waals surface area contributed by atoms with Crippen molar-refractivity contribution in [2.75, 3.05) is 7.11 Å². The number of phenols is 2. The van der Waals surface area contributed by atoms with Gasteiger partial charge in [0.05, 0.1) is 19.1 Å². The van der Waals surface area contributed by atoms with Crippen molar-refractivity contribution in [1.82, 2.24) is 0 Å². The molecule has 0 heterocycles. The molecule has 2 aromatic rings. The summed E-state index contributed by atoms with van der Waals surface area (Å²) in [6.07, 6.45) is -0.485. The molecule has 0 radical (unpaired) electrons. The molecule has 0 aliphatic rings. The molecule has 2 rings (SSSR count). The monoisotopic (exact) mass is 546 g/mol. The van der Waals surface area contributed by atoms with Crippen LogP contribution in [0.3, 0.4) is 0 Å². The van der Waals surface area contributed by atoms with Crippen LogP contribution in [0.2, 0.25) is 36.3 Å². The molecule has 0 atom stereocenters. The lowest BCUT2D eigenvalue weighted by Gasteiger charge is -2.39. The van der Waals surface area contributed by atoms with E-state index in [1.807, 2.05) is 0 Å². The molecular weight excluding hydrogens is 504 g/mol. The molecular formula is C28H42O7Si2. The number of carbonyl (C=O) groups excluding carboxylic acids is 2. The number of hydrogen-bond acceptors (Lipinski definition) is 7. The van der Waals surface area contributed by atoms with Crippen molar-refractivity contribution in [2.24, 2.45) is 0 Å². The third-order valence-electron chi connectivity index (χ3n) is 7.56. The van der Waals surface area contributed by atoms with Crippen LogP contribution in [0.15, 0.2) is 30.3 Å². The molecule has 0 aliphatic heterocycles. The normalized spacial score (nSPS) is 12.7. The number of ether oxygens (including phenoxy) is 1. The lowest BCUT2D eigenvalue weighted by Crippen LogP contribution is -2.45. The molecule has 2 aromatic carbocycles. The number of phenolic OH excluding ortho intramolecular Hbond substituents is 2. The van der Waals surface area contributed by atoms with E-state index in [0.29, 0.717) is 17.1 Å². The first-order valence-corrected chi connectivity index (χ1v) is 18.2. The van der Waals surface area contributed by atoms with Gasteiger partial charge in [-0.2, -0.15) is 0 Å². The van der Waals surface area contributed by atoms with E-state index in [-0.39, 0.29) is 21.4 Å². The summed E-state index contributed by atoms with van der Waals surface area (Å²) in [5.74, 6) is -1.08. The molecule has 0 fully saturated rings. The Bertz CT molecular complexity index is 1170. The molecule has 0 aromatic heterocycles. The standard InChI is InChI=1S/C28H42O7Si2/c1-27(2,3)36(8,9)34-22-14-12-18(16-24(22)35-37(10,11)28(4,5)6)20(29)17-21(30)19-13-15-23(33-7)26(32)25(19)31/h12-16,31-32H,17H2,1-11H3. The average Bonchev–Trinajstić information content (AvgIpc) is 2.74. The van der Waals surface area contributed by atoms with Crippen LogP contribution in [-0.2, 0) is 0 Å². The van der Waals surface area contributed by atoms with E-state index < -0.39 is 46.1 Å². The number of carbonyl (C=O) groups is 2. The summed E-state index contributed by atoms with van der Waals surface area (Å²) in [5.41, 5.74) is 0.157. The zero-order valence-electron chi connectivity index (χ0n) is 24.0. The zero-order valence-corrected chi connectivity index (χ0v) is 26.0. The van der Waals surface area contributed by atoms with Gasteiger partial charge in [-0.05, 0) is 66.6 Å². The van der Waals surface area contributed by atoms with E-state index in [2.05, 4.69) is 67.7 Å². The number of hydrogen-bond donors (Lipinski definition) is 2. The molecule has 0 bridgehead atoms. The van der Waals surface area contributed by atoms with Gasteiger partial charge in [0.2, 0.25) is 5.75 Å². The lowest BCUT2D eigenvalue weighted by atomic mass is 10.00. The van der Waals surface area contributed by atoms with E-state index in [1.165, 1.54) is 19.2 Å². The molecule has 7 nitrogen and oxygen atoms in total. The topological polar surface area (TPSA) is 102 Å². The Morgan fingerprint density at radius 2 is 1.22 bits per heavy atom. The van der Waals surface area contributed by atoms with Crippen LogP contribution in [0.25, 0.3) is 0 Å². The molecule has 0 aliphatic carbocycles. The highest BCUT2D eigenvalue weighted by molar-refractivity contribution is 6.75. The zero-order chi connectivity index (χ0) is 28.6. The van der Waals surface area contributed by atoms with Crippen molar-refractivity contribution in [3.63, 3.8) is 0 Å². The minimum atomic E-state index is -2.28. The number of aromatic hydroxyl groups is 2. The second-order valence-corrected chi connectivity index (χ2v) is 21.9. The summed E-state index contributed by atoms with van der Waals surface area (Å²) < 4.78 is 18.1. The van der Waals surface area contributed by atoms with Gasteiger partial charge in [0.15, 0.2) is 23.1 Å². The molecule has 2 N–H and O–H groups in total. The first-order chi connectivity index (χ1) is 16.7. The molecule has 204 valence electrons. The molecule has 0 unspecified atom stereocenters. The first-order valence-electron chi connectivity index (χ1n) is 12.4. The summed E-state index contributed by atoms with van der Waals surface area (Å²) in [6, 6.07) is 7.74.